The summed E-state index contributed by atoms with van der Waals surface area (Å²) in [7, 11) is 0. The molecule has 7 heteroatoms. The molecule has 126 valence electrons. The van der Waals surface area contributed by atoms with E-state index in [0.717, 1.165) is 12.1 Å². The van der Waals surface area contributed by atoms with Crippen LogP contribution in [0.15, 0.2) is 18.2 Å². The molecule has 5 nitrogen and oxygen atoms in total. The van der Waals surface area contributed by atoms with Gasteiger partial charge >= 0.3 is 5.97 Å². The minimum atomic E-state index is -1.00. The Bertz CT molecular complexity index is 572. The highest BCUT2D eigenvalue weighted by Gasteiger charge is 2.26. The van der Waals surface area contributed by atoms with E-state index in [4.69, 9.17) is 4.74 Å². The molecule has 0 saturated carbocycles. The minimum Gasteiger partial charge on any atom is -0.466 e. The fourth-order valence-electron chi connectivity index (χ4n) is 2.56. The zero-order valence-corrected chi connectivity index (χ0v) is 13.0. The number of amides is 1. The number of anilines is 1. The van der Waals surface area contributed by atoms with Gasteiger partial charge in [-0.1, -0.05) is 0 Å². The summed E-state index contributed by atoms with van der Waals surface area (Å²) < 4.78 is 30.9. The standard InChI is InChI=1S/C16H20F2N2O3/c1-2-23-16(22)11-5-7-20(8-6-11)10-15(21)19-12-3-4-13(17)14(18)9-12/h3-4,9,11H,2,5-8,10H2,1H3,(H,19,21). The Kier molecular flexibility index (Phi) is 6.04. The summed E-state index contributed by atoms with van der Waals surface area (Å²) in [6.07, 6.45) is 1.30. The molecule has 1 heterocycles. The molecule has 0 atom stereocenters. The van der Waals surface area contributed by atoms with Crippen molar-refractivity contribution in [3.63, 3.8) is 0 Å². The molecule has 0 aromatic heterocycles. The first-order chi connectivity index (χ1) is 11.0. The molecular formula is C16H20F2N2O3. The van der Waals surface area contributed by atoms with Gasteiger partial charge in [-0.3, -0.25) is 14.5 Å². The number of hydrogen-bond donors (Lipinski definition) is 1. The highest BCUT2D eigenvalue weighted by molar-refractivity contribution is 5.92. The maximum atomic E-state index is 13.1. The first-order valence-corrected chi connectivity index (χ1v) is 7.63. The van der Waals surface area contributed by atoms with Crippen LogP contribution in [0.4, 0.5) is 14.5 Å². The number of esters is 1. The Morgan fingerprint density at radius 2 is 1.96 bits per heavy atom. The fraction of sp³-hybridized carbons (Fsp3) is 0.500. The monoisotopic (exact) mass is 326 g/mol. The van der Waals surface area contributed by atoms with E-state index in [1.54, 1.807) is 6.92 Å². The van der Waals surface area contributed by atoms with Crippen molar-refractivity contribution in [1.82, 2.24) is 4.90 Å². The summed E-state index contributed by atoms with van der Waals surface area (Å²) in [5.41, 5.74) is 0.218. The van der Waals surface area contributed by atoms with Gasteiger partial charge in [0.2, 0.25) is 5.91 Å². The van der Waals surface area contributed by atoms with Crippen LogP contribution >= 0.6 is 0 Å². The predicted molar refractivity (Wildman–Crippen MR) is 80.8 cm³/mol. The van der Waals surface area contributed by atoms with Crippen molar-refractivity contribution in [2.45, 2.75) is 19.8 Å². The van der Waals surface area contributed by atoms with Gasteiger partial charge in [0.1, 0.15) is 0 Å². The third kappa shape index (κ3) is 4.99. The Morgan fingerprint density at radius 3 is 2.57 bits per heavy atom. The summed E-state index contributed by atoms with van der Waals surface area (Å²) >= 11 is 0. The van der Waals surface area contributed by atoms with Crippen molar-refractivity contribution in [2.75, 3.05) is 31.6 Å². The predicted octanol–water partition coefficient (Wildman–Crippen LogP) is 2.18. The number of carbonyl (C=O) groups excluding carboxylic acids is 2. The highest BCUT2D eigenvalue weighted by atomic mass is 19.2. The molecule has 1 saturated heterocycles. The molecule has 2 rings (SSSR count). The fourth-order valence-corrected chi connectivity index (χ4v) is 2.56. The SMILES string of the molecule is CCOC(=O)C1CCN(CC(=O)Nc2ccc(F)c(F)c2)CC1. The lowest BCUT2D eigenvalue weighted by atomic mass is 9.97. The average Bonchev–Trinajstić information content (AvgIpc) is 2.52. The number of halogens is 2. The molecule has 1 aliphatic heterocycles. The van der Waals surface area contributed by atoms with E-state index in [1.807, 2.05) is 4.90 Å². The van der Waals surface area contributed by atoms with Crippen molar-refractivity contribution >= 4 is 17.6 Å². The molecule has 0 spiro atoms. The highest BCUT2D eigenvalue weighted by Crippen LogP contribution is 2.19. The lowest BCUT2D eigenvalue weighted by molar-refractivity contribution is -0.149. The van der Waals surface area contributed by atoms with Crippen LogP contribution in [0.3, 0.4) is 0 Å². The normalized spacial score (nSPS) is 16.1. The van der Waals surface area contributed by atoms with Crippen LogP contribution in [0.5, 0.6) is 0 Å². The summed E-state index contributed by atoms with van der Waals surface area (Å²) in [5.74, 6) is -2.55. The van der Waals surface area contributed by atoms with Gasteiger partial charge in [0, 0.05) is 11.8 Å². The Hall–Kier alpha value is -2.02. The van der Waals surface area contributed by atoms with Crippen LogP contribution < -0.4 is 5.32 Å². The van der Waals surface area contributed by atoms with Crippen LogP contribution in [0.2, 0.25) is 0 Å². The summed E-state index contributed by atoms with van der Waals surface area (Å²) in [5, 5.41) is 2.53. The van der Waals surface area contributed by atoms with Gasteiger partial charge in [-0.25, -0.2) is 8.78 Å². The number of rotatable bonds is 5. The quantitative estimate of drug-likeness (QED) is 0.843. The number of likely N-dealkylation sites (tertiary alicyclic amines) is 1. The molecule has 0 unspecified atom stereocenters. The Morgan fingerprint density at radius 1 is 1.26 bits per heavy atom. The molecule has 0 aliphatic carbocycles. The number of carbonyl (C=O) groups is 2. The van der Waals surface area contributed by atoms with E-state index >= 15 is 0 Å². The van der Waals surface area contributed by atoms with E-state index in [9.17, 15) is 18.4 Å². The second-order valence-electron chi connectivity index (χ2n) is 5.48. The lowest BCUT2D eigenvalue weighted by Crippen LogP contribution is -2.41. The number of hydrogen-bond acceptors (Lipinski definition) is 4. The topological polar surface area (TPSA) is 58.6 Å². The Labute approximate surface area is 133 Å². The van der Waals surface area contributed by atoms with Crippen LogP contribution in [0, 0.1) is 17.6 Å². The zero-order chi connectivity index (χ0) is 16.8. The summed E-state index contributed by atoms with van der Waals surface area (Å²) in [6, 6.07) is 3.22. The Balaban J connectivity index is 1.78. The van der Waals surface area contributed by atoms with E-state index in [0.29, 0.717) is 32.5 Å². The van der Waals surface area contributed by atoms with Crippen molar-refractivity contribution in [3.8, 4) is 0 Å². The first kappa shape index (κ1) is 17.3. The van der Waals surface area contributed by atoms with Gasteiger partial charge in [0.25, 0.3) is 0 Å². The van der Waals surface area contributed by atoms with Gasteiger partial charge in [-0.05, 0) is 45.0 Å². The summed E-state index contributed by atoms with van der Waals surface area (Å²) in [6.45, 7) is 3.53. The van der Waals surface area contributed by atoms with E-state index in [2.05, 4.69) is 5.32 Å². The van der Waals surface area contributed by atoms with Crippen molar-refractivity contribution in [2.24, 2.45) is 5.92 Å². The molecule has 1 N–H and O–H groups in total. The van der Waals surface area contributed by atoms with Gasteiger partial charge in [0.05, 0.1) is 19.1 Å². The van der Waals surface area contributed by atoms with Crippen molar-refractivity contribution < 1.29 is 23.1 Å². The third-order valence-electron chi connectivity index (χ3n) is 3.78. The lowest BCUT2D eigenvalue weighted by Gasteiger charge is -2.30. The molecule has 1 amide bonds. The molecule has 0 bridgehead atoms. The van der Waals surface area contributed by atoms with E-state index in [1.165, 1.54) is 6.07 Å². The molecule has 0 radical (unpaired) electrons. The summed E-state index contributed by atoms with van der Waals surface area (Å²) in [4.78, 5) is 25.5. The molecule has 1 aliphatic rings. The molecular weight excluding hydrogens is 306 g/mol. The number of piperidine rings is 1. The molecule has 1 fully saturated rings. The number of benzene rings is 1. The number of nitrogens with zero attached hydrogens (tertiary/aromatic N) is 1. The van der Waals surface area contributed by atoms with Gasteiger partial charge < -0.3 is 10.1 Å². The second-order valence-corrected chi connectivity index (χ2v) is 5.48. The van der Waals surface area contributed by atoms with E-state index in [-0.39, 0.29) is 30.0 Å². The molecule has 1 aromatic rings. The average molecular weight is 326 g/mol. The van der Waals surface area contributed by atoms with Crippen molar-refractivity contribution in [3.05, 3.63) is 29.8 Å². The number of ether oxygens (including phenoxy) is 1. The minimum absolute atomic E-state index is 0.111. The van der Waals surface area contributed by atoms with Gasteiger partial charge in [-0.15, -0.1) is 0 Å². The zero-order valence-electron chi connectivity index (χ0n) is 13.0. The number of nitrogens with one attached hydrogen (secondary N) is 1. The largest absolute Gasteiger partial charge is 0.466 e. The van der Waals surface area contributed by atoms with Crippen LogP contribution in [0.25, 0.3) is 0 Å². The van der Waals surface area contributed by atoms with Gasteiger partial charge in [0.15, 0.2) is 11.6 Å². The van der Waals surface area contributed by atoms with Gasteiger partial charge in [-0.2, -0.15) is 0 Å². The van der Waals surface area contributed by atoms with Crippen LogP contribution in [-0.2, 0) is 14.3 Å². The molecule has 1 aromatic carbocycles. The first-order valence-electron chi connectivity index (χ1n) is 7.63. The van der Waals surface area contributed by atoms with Crippen LogP contribution in [-0.4, -0.2) is 43.0 Å². The smallest absolute Gasteiger partial charge is 0.309 e. The molecule has 23 heavy (non-hydrogen) atoms. The van der Waals surface area contributed by atoms with Crippen molar-refractivity contribution in [1.29, 1.82) is 0 Å². The maximum absolute atomic E-state index is 13.1. The second kappa shape index (κ2) is 8.01. The third-order valence-corrected chi connectivity index (χ3v) is 3.78. The van der Waals surface area contributed by atoms with Crippen LogP contribution in [0.1, 0.15) is 19.8 Å². The maximum Gasteiger partial charge on any atom is 0.309 e. The van der Waals surface area contributed by atoms with E-state index < -0.39 is 11.6 Å².